The van der Waals surface area contributed by atoms with Crippen molar-refractivity contribution < 1.29 is 0 Å². The second-order valence-electron chi connectivity index (χ2n) is 3.69. The largest absolute Gasteiger partial charge is 0.303 e. The van der Waals surface area contributed by atoms with Gasteiger partial charge in [0, 0.05) is 19.8 Å². The van der Waals surface area contributed by atoms with Crippen LogP contribution in [0.1, 0.15) is 40.0 Å². The Bertz CT molecular complexity index is 186. The van der Waals surface area contributed by atoms with Crippen molar-refractivity contribution in [1.82, 2.24) is 5.01 Å². The highest BCUT2D eigenvalue weighted by Crippen LogP contribution is 2.02. The first kappa shape index (κ1) is 12.2. The van der Waals surface area contributed by atoms with Gasteiger partial charge in [-0.3, -0.25) is 0 Å². The van der Waals surface area contributed by atoms with Gasteiger partial charge in [-0.05, 0) is 33.1 Å². The van der Waals surface area contributed by atoms with Gasteiger partial charge in [0.15, 0.2) is 0 Å². The van der Waals surface area contributed by atoms with Crippen molar-refractivity contribution in [3.8, 4) is 0 Å². The van der Waals surface area contributed by atoms with Gasteiger partial charge in [0.1, 0.15) is 0 Å². The van der Waals surface area contributed by atoms with Crippen LogP contribution < -0.4 is 0 Å². The van der Waals surface area contributed by atoms with Crippen LogP contribution in [0.25, 0.3) is 0 Å². The van der Waals surface area contributed by atoms with Crippen molar-refractivity contribution >= 4 is 5.71 Å². The molecule has 0 unspecified atom stereocenters. The van der Waals surface area contributed by atoms with Crippen LogP contribution in [-0.4, -0.2) is 24.8 Å². The molecule has 76 valence electrons. The Labute approximate surface area is 82.3 Å². The van der Waals surface area contributed by atoms with Crippen LogP contribution in [-0.2, 0) is 0 Å². The lowest BCUT2D eigenvalue weighted by atomic mass is 10.1. The van der Waals surface area contributed by atoms with E-state index in [-0.39, 0.29) is 0 Å². The Morgan fingerprint density at radius 1 is 1.31 bits per heavy atom. The standard InChI is InChI=1S/C11H22N2/c1-6-11(12-13(4)5)9-7-8-10(2)3/h8H,6-7,9H2,1-5H3. The molecule has 0 rings (SSSR count). The van der Waals surface area contributed by atoms with Gasteiger partial charge in [-0.25, -0.2) is 0 Å². The second-order valence-corrected chi connectivity index (χ2v) is 3.69. The molecule has 0 aromatic heterocycles. The molecule has 0 aromatic carbocycles. The summed E-state index contributed by atoms with van der Waals surface area (Å²) in [5.41, 5.74) is 2.67. The number of hydrogen-bond acceptors (Lipinski definition) is 2. The van der Waals surface area contributed by atoms with Crippen LogP contribution in [0.5, 0.6) is 0 Å². The van der Waals surface area contributed by atoms with Crippen LogP contribution in [0.3, 0.4) is 0 Å². The third kappa shape index (κ3) is 7.57. The Morgan fingerprint density at radius 3 is 2.31 bits per heavy atom. The number of rotatable bonds is 5. The van der Waals surface area contributed by atoms with Crippen molar-refractivity contribution in [1.29, 1.82) is 0 Å². The molecule has 0 saturated carbocycles. The Hall–Kier alpha value is -0.790. The minimum absolute atomic E-state index is 1.05. The molecule has 0 aliphatic heterocycles. The lowest BCUT2D eigenvalue weighted by Gasteiger charge is -2.08. The maximum absolute atomic E-state index is 4.41. The summed E-state index contributed by atoms with van der Waals surface area (Å²) >= 11 is 0. The quantitative estimate of drug-likeness (QED) is 0.362. The normalized spacial score (nSPS) is 11.3. The van der Waals surface area contributed by atoms with Crippen molar-refractivity contribution in [2.75, 3.05) is 14.1 Å². The zero-order chi connectivity index (χ0) is 10.3. The summed E-state index contributed by atoms with van der Waals surface area (Å²) in [7, 11) is 3.94. The molecule has 0 saturated heterocycles. The molecule has 2 nitrogen and oxygen atoms in total. The monoisotopic (exact) mass is 182 g/mol. The van der Waals surface area contributed by atoms with E-state index in [1.54, 1.807) is 0 Å². The van der Waals surface area contributed by atoms with E-state index >= 15 is 0 Å². The van der Waals surface area contributed by atoms with E-state index in [0.29, 0.717) is 0 Å². The van der Waals surface area contributed by atoms with Gasteiger partial charge >= 0.3 is 0 Å². The summed E-state index contributed by atoms with van der Waals surface area (Å²) in [6.07, 6.45) is 5.51. The molecule has 0 radical (unpaired) electrons. The summed E-state index contributed by atoms with van der Waals surface area (Å²) < 4.78 is 0. The van der Waals surface area contributed by atoms with Crippen molar-refractivity contribution in [2.24, 2.45) is 5.10 Å². The predicted molar refractivity (Wildman–Crippen MR) is 60.1 cm³/mol. The minimum Gasteiger partial charge on any atom is -0.303 e. The molecule has 0 bridgehead atoms. The molecule has 2 heteroatoms. The number of hydrazone groups is 1. The fourth-order valence-electron chi connectivity index (χ4n) is 1.11. The Morgan fingerprint density at radius 2 is 1.92 bits per heavy atom. The molecular weight excluding hydrogens is 160 g/mol. The van der Waals surface area contributed by atoms with E-state index in [2.05, 4.69) is 31.9 Å². The summed E-state index contributed by atoms with van der Waals surface area (Å²) in [5.74, 6) is 0. The van der Waals surface area contributed by atoms with E-state index in [1.807, 2.05) is 19.1 Å². The van der Waals surface area contributed by atoms with Gasteiger partial charge in [-0.2, -0.15) is 5.10 Å². The highest BCUT2D eigenvalue weighted by atomic mass is 15.4. The van der Waals surface area contributed by atoms with Gasteiger partial charge in [-0.1, -0.05) is 18.6 Å². The molecule has 0 aromatic rings. The first-order valence-electron chi connectivity index (χ1n) is 4.93. The summed E-state index contributed by atoms with van der Waals surface area (Å²) in [6, 6.07) is 0. The smallest absolute Gasteiger partial charge is 0.0380 e. The lowest BCUT2D eigenvalue weighted by Crippen LogP contribution is -2.08. The lowest BCUT2D eigenvalue weighted by molar-refractivity contribution is 0.434. The van der Waals surface area contributed by atoms with E-state index < -0.39 is 0 Å². The van der Waals surface area contributed by atoms with E-state index in [0.717, 1.165) is 19.3 Å². The number of nitrogens with zero attached hydrogens (tertiary/aromatic N) is 2. The molecule has 0 N–H and O–H groups in total. The van der Waals surface area contributed by atoms with Crippen LogP contribution in [0.2, 0.25) is 0 Å². The fourth-order valence-corrected chi connectivity index (χ4v) is 1.11. The Balaban J connectivity index is 3.93. The van der Waals surface area contributed by atoms with E-state index in [1.165, 1.54) is 11.3 Å². The summed E-state index contributed by atoms with van der Waals surface area (Å²) in [6.45, 7) is 6.42. The van der Waals surface area contributed by atoms with E-state index in [9.17, 15) is 0 Å². The van der Waals surface area contributed by atoms with Crippen molar-refractivity contribution in [2.45, 2.75) is 40.0 Å². The molecule has 0 amide bonds. The van der Waals surface area contributed by atoms with Crippen LogP contribution >= 0.6 is 0 Å². The first-order chi connectivity index (χ1) is 6.06. The fraction of sp³-hybridized carbons (Fsp3) is 0.727. The molecule has 13 heavy (non-hydrogen) atoms. The third-order valence-electron chi connectivity index (χ3n) is 1.74. The maximum Gasteiger partial charge on any atom is 0.0380 e. The highest BCUT2D eigenvalue weighted by molar-refractivity contribution is 5.84. The average Bonchev–Trinajstić information content (AvgIpc) is 2.01. The SMILES string of the molecule is CCC(CCC=C(C)C)=NN(C)C. The number of hydrogen-bond donors (Lipinski definition) is 0. The van der Waals surface area contributed by atoms with Gasteiger partial charge in [0.05, 0.1) is 0 Å². The molecule has 0 atom stereocenters. The molecule has 0 fully saturated rings. The highest BCUT2D eigenvalue weighted by Gasteiger charge is 1.95. The van der Waals surface area contributed by atoms with Crippen LogP contribution in [0.4, 0.5) is 0 Å². The Kier molecular flexibility index (Phi) is 6.29. The molecule has 0 spiro atoms. The van der Waals surface area contributed by atoms with E-state index in [4.69, 9.17) is 0 Å². The first-order valence-corrected chi connectivity index (χ1v) is 4.93. The number of allylic oxidation sites excluding steroid dienone is 2. The molecule has 0 aliphatic carbocycles. The molecule has 0 aliphatic rings. The maximum atomic E-state index is 4.41. The topological polar surface area (TPSA) is 15.6 Å². The van der Waals surface area contributed by atoms with Gasteiger partial charge in [-0.15, -0.1) is 0 Å². The third-order valence-corrected chi connectivity index (χ3v) is 1.74. The molecule has 0 heterocycles. The zero-order valence-electron chi connectivity index (χ0n) is 9.59. The van der Waals surface area contributed by atoms with Crippen molar-refractivity contribution in [3.63, 3.8) is 0 Å². The van der Waals surface area contributed by atoms with Gasteiger partial charge in [0.25, 0.3) is 0 Å². The average molecular weight is 182 g/mol. The second kappa shape index (κ2) is 6.70. The van der Waals surface area contributed by atoms with Crippen LogP contribution in [0, 0.1) is 0 Å². The zero-order valence-corrected chi connectivity index (χ0v) is 9.59. The van der Waals surface area contributed by atoms with Gasteiger partial charge < -0.3 is 5.01 Å². The van der Waals surface area contributed by atoms with Crippen LogP contribution in [0.15, 0.2) is 16.8 Å². The minimum atomic E-state index is 1.05. The predicted octanol–water partition coefficient (Wildman–Crippen LogP) is 3.06. The van der Waals surface area contributed by atoms with Gasteiger partial charge in [0.2, 0.25) is 0 Å². The summed E-state index contributed by atoms with van der Waals surface area (Å²) in [5, 5.41) is 6.29. The van der Waals surface area contributed by atoms with Crippen molar-refractivity contribution in [3.05, 3.63) is 11.6 Å². The summed E-state index contributed by atoms with van der Waals surface area (Å²) in [4.78, 5) is 0. The molecular formula is C11H22N2.